The number of aliphatic hydroxyl groups excluding tert-OH is 2. The number of benzene rings is 1. The van der Waals surface area contributed by atoms with Gasteiger partial charge in [0.1, 0.15) is 11.5 Å². The van der Waals surface area contributed by atoms with Gasteiger partial charge in [-0.3, -0.25) is 0 Å². The van der Waals surface area contributed by atoms with E-state index in [1.807, 2.05) is 12.1 Å². The Morgan fingerprint density at radius 2 is 1.92 bits per heavy atom. The van der Waals surface area contributed by atoms with Crippen molar-refractivity contribution in [2.24, 2.45) is 0 Å². The standard InChI is InChI=1S/C21H23NO2/c1-3-9-18(23)11-5-4-6-13-20(24)16(2)21-19-12-8-7-10-17(19)14-15-22-21/h3-13,21-24H,1-2,14-15H2/b6-4-,11-5-,18-9+,20-13+. The molecule has 0 radical (unpaired) electrons. The minimum atomic E-state index is -0.0743. The highest BCUT2D eigenvalue weighted by molar-refractivity contribution is 5.42. The molecule has 3 heteroatoms. The van der Waals surface area contributed by atoms with Gasteiger partial charge in [0, 0.05) is 12.1 Å². The lowest BCUT2D eigenvalue weighted by molar-refractivity contribution is 0.404. The van der Waals surface area contributed by atoms with E-state index < -0.39 is 0 Å². The van der Waals surface area contributed by atoms with E-state index >= 15 is 0 Å². The van der Waals surface area contributed by atoms with Crippen molar-refractivity contribution in [1.29, 1.82) is 0 Å². The zero-order valence-corrected chi connectivity index (χ0v) is 13.7. The first-order valence-electron chi connectivity index (χ1n) is 7.89. The Bertz CT molecular complexity index is 723. The van der Waals surface area contributed by atoms with Crippen LogP contribution in [0.3, 0.4) is 0 Å². The molecule has 124 valence electrons. The van der Waals surface area contributed by atoms with Gasteiger partial charge in [-0.25, -0.2) is 0 Å². The second kappa shape index (κ2) is 8.75. The van der Waals surface area contributed by atoms with Crippen molar-refractivity contribution in [2.75, 3.05) is 6.54 Å². The summed E-state index contributed by atoms with van der Waals surface area (Å²) in [6, 6.07) is 8.14. The van der Waals surface area contributed by atoms with Crippen LogP contribution in [0.5, 0.6) is 0 Å². The van der Waals surface area contributed by atoms with Crippen molar-refractivity contribution in [3.8, 4) is 0 Å². The molecule has 1 aliphatic heterocycles. The first-order valence-corrected chi connectivity index (χ1v) is 7.89. The average Bonchev–Trinajstić information content (AvgIpc) is 2.60. The van der Waals surface area contributed by atoms with Gasteiger partial charge in [-0.15, -0.1) is 0 Å². The highest BCUT2D eigenvalue weighted by atomic mass is 16.3. The molecule has 3 N–H and O–H groups in total. The lowest BCUT2D eigenvalue weighted by Crippen LogP contribution is -2.31. The quantitative estimate of drug-likeness (QED) is 0.530. The van der Waals surface area contributed by atoms with Crippen LogP contribution in [-0.2, 0) is 6.42 Å². The van der Waals surface area contributed by atoms with E-state index in [1.54, 1.807) is 24.3 Å². The molecule has 0 amide bonds. The van der Waals surface area contributed by atoms with E-state index in [2.05, 4.69) is 30.6 Å². The van der Waals surface area contributed by atoms with Gasteiger partial charge in [-0.2, -0.15) is 0 Å². The number of rotatable bonds is 6. The van der Waals surface area contributed by atoms with E-state index in [0.29, 0.717) is 5.57 Å². The molecule has 1 aliphatic rings. The Balaban J connectivity index is 2.05. The summed E-state index contributed by atoms with van der Waals surface area (Å²) in [5.74, 6) is 0.259. The second-order valence-electron chi connectivity index (χ2n) is 5.48. The molecule has 0 saturated carbocycles. The van der Waals surface area contributed by atoms with Crippen molar-refractivity contribution in [2.45, 2.75) is 12.5 Å². The van der Waals surface area contributed by atoms with Crippen LogP contribution in [0.25, 0.3) is 0 Å². The molecule has 1 atom stereocenters. The molecule has 0 spiro atoms. The number of hydrogen-bond acceptors (Lipinski definition) is 3. The fourth-order valence-corrected chi connectivity index (χ4v) is 2.61. The molecule has 0 bridgehead atoms. The van der Waals surface area contributed by atoms with Gasteiger partial charge >= 0.3 is 0 Å². The molecule has 1 aromatic rings. The molecule has 1 aromatic carbocycles. The molecule has 1 heterocycles. The van der Waals surface area contributed by atoms with Gasteiger partial charge in [-0.1, -0.05) is 61.7 Å². The first kappa shape index (κ1) is 17.6. The Kier molecular flexibility index (Phi) is 6.41. The zero-order chi connectivity index (χ0) is 17.4. The van der Waals surface area contributed by atoms with Crippen LogP contribution in [0.4, 0.5) is 0 Å². The van der Waals surface area contributed by atoms with Crippen LogP contribution >= 0.6 is 0 Å². The van der Waals surface area contributed by atoms with Gasteiger partial charge in [0.05, 0.1) is 6.04 Å². The summed E-state index contributed by atoms with van der Waals surface area (Å²) in [5.41, 5.74) is 3.10. The molecule has 1 unspecified atom stereocenters. The minimum absolute atomic E-state index is 0.0743. The topological polar surface area (TPSA) is 52.5 Å². The van der Waals surface area contributed by atoms with Crippen molar-refractivity contribution in [3.05, 3.63) is 108 Å². The van der Waals surface area contributed by atoms with E-state index in [4.69, 9.17) is 0 Å². The molecule has 24 heavy (non-hydrogen) atoms. The maximum atomic E-state index is 10.3. The number of nitrogens with one attached hydrogen (secondary N) is 1. The summed E-state index contributed by atoms with van der Waals surface area (Å²) < 4.78 is 0. The number of allylic oxidation sites excluding steroid dienone is 7. The molecule has 2 rings (SSSR count). The van der Waals surface area contributed by atoms with Crippen LogP contribution in [0.15, 0.2) is 97.0 Å². The first-order chi connectivity index (χ1) is 11.6. The van der Waals surface area contributed by atoms with E-state index in [9.17, 15) is 10.2 Å². The van der Waals surface area contributed by atoms with Crippen LogP contribution in [-0.4, -0.2) is 16.8 Å². The van der Waals surface area contributed by atoms with Crippen LogP contribution < -0.4 is 5.32 Å². The van der Waals surface area contributed by atoms with Crippen LogP contribution in [0.1, 0.15) is 17.2 Å². The second-order valence-corrected chi connectivity index (χ2v) is 5.48. The Labute approximate surface area is 143 Å². The third kappa shape index (κ3) is 4.61. The normalized spacial score (nSPS) is 18.8. The molecule has 0 saturated heterocycles. The van der Waals surface area contributed by atoms with Gasteiger partial charge in [0.2, 0.25) is 0 Å². The number of fused-ring (bicyclic) bond motifs is 1. The van der Waals surface area contributed by atoms with Gasteiger partial charge in [0.15, 0.2) is 0 Å². The van der Waals surface area contributed by atoms with Gasteiger partial charge in [0.25, 0.3) is 0 Å². The Hall–Kier alpha value is -2.78. The summed E-state index contributed by atoms with van der Waals surface area (Å²) in [6.07, 6.45) is 12.2. The van der Waals surface area contributed by atoms with E-state index in [1.165, 1.54) is 23.8 Å². The van der Waals surface area contributed by atoms with Gasteiger partial charge < -0.3 is 15.5 Å². The molecule has 0 aromatic heterocycles. The molecular weight excluding hydrogens is 298 g/mol. The summed E-state index contributed by atoms with van der Waals surface area (Å²) in [4.78, 5) is 0. The van der Waals surface area contributed by atoms with Gasteiger partial charge in [-0.05, 0) is 35.8 Å². The third-order valence-corrected chi connectivity index (χ3v) is 3.82. The zero-order valence-electron chi connectivity index (χ0n) is 13.7. The smallest absolute Gasteiger partial charge is 0.120 e. The predicted octanol–water partition coefficient (Wildman–Crippen LogP) is 4.61. The predicted molar refractivity (Wildman–Crippen MR) is 99.9 cm³/mol. The Morgan fingerprint density at radius 3 is 2.71 bits per heavy atom. The van der Waals surface area contributed by atoms with Crippen LogP contribution in [0, 0.1) is 0 Å². The molecule has 0 aliphatic carbocycles. The average molecular weight is 321 g/mol. The van der Waals surface area contributed by atoms with Crippen molar-refractivity contribution >= 4 is 0 Å². The highest BCUT2D eigenvalue weighted by Gasteiger charge is 2.23. The largest absolute Gasteiger partial charge is 0.508 e. The monoisotopic (exact) mass is 321 g/mol. The van der Waals surface area contributed by atoms with E-state index in [0.717, 1.165) is 18.5 Å². The van der Waals surface area contributed by atoms with Crippen LogP contribution in [0.2, 0.25) is 0 Å². The Morgan fingerprint density at radius 1 is 1.12 bits per heavy atom. The number of hydrogen-bond donors (Lipinski definition) is 3. The molecule has 0 fully saturated rings. The summed E-state index contributed by atoms with van der Waals surface area (Å²) in [6.45, 7) is 8.40. The molecule has 3 nitrogen and oxygen atoms in total. The SMILES string of the molecule is C=C\C=C(O)/C=C\C=C/C=C(/O)C(=C)C1NCCc2ccccc21. The molecular formula is C21H23NO2. The number of aliphatic hydroxyl groups is 2. The minimum Gasteiger partial charge on any atom is -0.508 e. The fourth-order valence-electron chi connectivity index (χ4n) is 2.61. The fraction of sp³-hybridized carbons (Fsp3) is 0.143. The third-order valence-electron chi connectivity index (χ3n) is 3.82. The lowest BCUT2D eigenvalue weighted by Gasteiger charge is -2.28. The summed E-state index contributed by atoms with van der Waals surface area (Å²) in [7, 11) is 0. The summed E-state index contributed by atoms with van der Waals surface area (Å²) >= 11 is 0. The van der Waals surface area contributed by atoms with E-state index in [-0.39, 0.29) is 17.6 Å². The van der Waals surface area contributed by atoms with Crippen molar-refractivity contribution in [3.63, 3.8) is 0 Å². The maximum absolute atomic E-state index is 10.3. The van der Waals surface area contributed by atoms with Crippen molar-refractivity contribution in [1.82, 2.24) is 5.32 Å². The van der Waals surface area contributed by atoms with Crippen molar-refractivity contribution < 1.29 is 10.2 Å². The maximum Gasteiger partial charge on any atom is 0.120 e. The summed E-state index contributed by atoms with van der Waals surface area (Å²) in [5, 5.41) is 23.0. The highest BCUT2D eigenvalue weighted by Crippen LogP contribution is 2.30. The lowest BCUT2D eigenvalue weighted by atomic mass is 9.89.